The molecule has 0 amide bonds. The minimum absolute atomic E-state index is 0.0866. The summed E-state index contributed by atoms with van der Waals surface area (Å²) in [5.41, 5.74) is -1.54. The summed E-state index contributed by atoms with van der Waals surface area (Å²) in [7, 11) is -2.97. The number of aliphatic hydroxyl groups excluding tert-OH is 1. The monoisotopic (exact) mass is 263 g/mol. The third-order valence-corrected chi connectivity index (χ3v) is 6.16. The van der Waals surface area contributed by atoms with E-state index in [-0.39, 0.29) is 18.1 Å². The molecule has 2 aliphatic heterocycles. The van der Waals surface area contributed by atoms with E-state index in [1.165, 1.54) is 0 Å². The Kier molecular flexibility index (Phi) is 3.51. The third kappa shape index (κ3) is 2.36. The maximum atomic E-state index is 11.5. The van der Waals surface area contributed by atoms with Crippen molar-refractivity contribution in [1.82, 2.24) is 5.32 Å². The summed E-state index contributed by atoms with van der Waals surface area (Å²) in [5, 5.41) is 23.6. The van der Waals surface area contributed by atoms with Gasteiger partial charge in [-0.1, -0.05) is 0 Å². The Morgan fingerprint density at radius 3 is 2.06 bits per heavy atom. The molecular formula is C11H21NO4S. The van der Waals surface area contributed by atoms with Crippen molar-refractivity contribution in [1.29, 1.82) is 0 Å². The zero-order chi connectivity index (χ0) is 12.6. The Labute approximate surface area is 102 Å². The van der Waals surface area contributed by atoms with Crippen molar-refractivity contribution >= 4 is 9.84 Å². The predicted molar refractivity (Wildman–Crippen MR) is 64.5 cm³/mol. The van der Waals surface area contributed by atoms with Crippen molar-refractivity contribution < 1.29 is 18.6 Å². The van der Waals surface area contributed by atoms with Crippen molar-refractivity contribution in [2.45, 2.75) is 31.3 Å². The first-order valence-electron chi connectivity index (χ1n) is 6.18. The van der Waals surface area contributed by atoms with Gasteiger partial charge in [-0.3, -0.25) is 0 Å². The highest BCUT2D eigenvalue weighted by Crippen LogP contribution is 2.46. The summed E-state index contributed by atoms with van der Waals surface area (Å²) in [6.07, 6.45) is 1.94. The summed E-state index contributed by atoms with van der Waals surface area (Å²) < 4.78 is 22.9. The Morgan fingerprint density at radius 2 is 1.59 bits per heavy atom. The van der Waals surface area contributed by atoms with Gasteiger partial charge in [-0.05, 0) is 38.8 Å². The van der Waals surface area contributed by atoms with Gasteiger partial charge >= 0.3 is 0 Å². The number of hydrogen-bond donors (Lipinski definition) is 3. The number of sulfone groups is 1. The SMILES string of the molecule is O=S1(=O)CCC(CO)(C2(O)CCNCC2)CC1. The molecule has 2 saturated heterocycles. The van der Waals surface area contributed by atoms with Gasteiger partial charge in [0, 0.05) is 5.41 Å². The molecule has 0 atom stereocenters. The van der Waals surface area contributed by atoms with E-state index in [0.29, 0.717) is 25.7 Å². The van der Waals surface area contributed by atoms with Gasteiger partial charge in [0.05, 0.1) is 23.7 Å². The number of rotatable bonds is 2. The fourth-order valence-electron chi connectivity index (χ4n) is 3.07. The lowest BCUT2D eigenvalue weighted by Gasteiger charge is -2.50. The standard InChI is InChI=1S/C11H21NO4S/c13-9-10(3-7-17(15,16)8-4-10)11(14)1-5-12-6-2-11/h12-14H,1-9H2. The Balaban J connectivity index is 2.20. The first kappa shape index (κ1) is 13.3. The molecule has 2 rings (SSSR count). The van der Waals surface area contributed by atoms with Crippen LogP contribution in [0.3, 0.4) is 0 Å². The normalized spacial score (nSPS) is 30.9. The molecule has 0 aromatic carbocycles. The van der Waals surface area contributed by atoms with Crippen LogP contribution >= 0.6 is 0 Å². The highest BCUT2D eigenvalue weighted by molar-refractivity contribution is 7.91. The van der Waals surface area contributed by atoms with Crippen LogP contribution in [0.2, 0.25) is 0 Å². The van der Waals surface area contributed by atoms with E-state index in [9.17, 15) is 18.6 Å². The van der Waals surface area contributed by atoms with Gasteiger partial charge in [0.15, 0.2) is 0 Å². The van der Waals surface area contributed by atoms with Crippen molar-refractivity contribution in [3.63, 3.8) is 0 Å². The summed E-state index contributed by atoms with van der Waals surface area (Å²) in [6, 6.07) is 0. The molecule has 3 N–H and O–H groups in total. The van der Waals surface area contributed by atoms with Gasteiger partial charge in [-0.15, -0.1) is 0 Å². The Bertz CT molecular complexity index is 359. The van der Waals surface area contributed by atoms with Gasteiger partial charge in [-0.2, -0.15) is 0 Å². The topological polar surface area (TPSA) is 86.6 Å². The average molecular weight is 263 g/mol. The molecule has 0 aliphatic carbocycles. The van der Waals surface area contributed by atoms with Crippen LogP contribution in [0.1, 0.15) is 25.7 Å². The van der Waals surface area contributed by atoms with Crippen molar-refractivity contribution in [2.24, 2.45) is 5.41 Å². The van der Waals surface area contributed by atoms with Crippen LogP contribution < -0.4 is 5.32 Å². The molecule has 2 aliphatic rings. The maximum Gasteiger partial charge on any atom is 0.150 e. The largest absolute Gasteiger partial charge is 0.396 e. The lowest BCUT2D eigenvalue weighted by molar-refractivity contribution is -0.131. The highest BCUT2D eigenvalue weighted by atomic mass is 32.2. The summed E-state index contributed by atoms with van der Waals surface area (Å²) >= 11 is 0. The van der Waals surface area contributed by atoms with Gasteiger partial charge in [0.2, 0.25) is 0 Å². The van der Waals surface area contributed by atoms with Gasteiger partial charge < -0.3 is 15.5 Å². The molecule has 100 valence electrons. The smallest absolute Gasteiger partial charge is 0.150 e. The third-order valence-electron chi connectivity index (χ3n) is 4.50. The molecule has 0 saturated carbocycles. The number of hydrogen-bond acceptors (Lipinski definition) is 5. The van der Waals surface area contributed by atoms with Gasteiger partial charge in [0.25, 0.3) is 0 Å². The average Bonchev–Trinajstić information content (AvgIpc) is 2.30. The summed E-state index contributed by atoms with van der Waals surface area (Å²) in [5.74, 6) is 0.173. The quantitative estimate of drug-likeness (QED) is 0.612. The van der Waals surface area contributed by atoms with Crippen LogP contribution in [0.4, 0.5) is 0 Å². The first-order chi connectivity index (χ1) is 7.93. The van der Waals surface area contributed by atoms with Crippen LogP contribution in [0.25, 0.3) is 0 Å². The van der Waals surface area contributed by atoms with E-state index in [2.05, 4.69) is 5.32 Å². The van der Waals surface area contributed by atoms with Gasteiger partial charge in [0.1, 0.15) is 9.84 Å². The molecule has 0 unspecified atom stereocenters. The fourth-order valence-corrected chi connectivity index (χ4v) is 4.68. The summed E-state index contributed by atoms with van der Waals surface area (Å²) in [4.78, 5) is 0. The maximum absolute atomic E-state index is 11.5. The zero-order valence-electron chi connectivity index (χ0n) is 9.98. The van der Waals surface area contributed by atoms with Crippen LogP contribution in [-0.2, 0) is 9.84 Å². The molecule has 0 aromatic heterocycles. The molecule has 0 radical (unpaired) electrons. The van der Waals surface area contributed by atoms with E-state index in [4.69, 9.17) is 0 Å². The lowest BCUT2D eigenvalue weighted by atomic mass is 9.64. The van der Waals surface area contributed by atoms with Crippen LogP contribution in [-0.4, -0.2) is 55.4 Å². The molecule has 2 fully saturated rings. The molecular weight excluding hydrogens is 242 g/mol. The van der Waals surface area contributed by atoms with Crippen LogP contribution in [0.5, 0.6) is 0 Å². The molecule has 0 spiro atoms. The van der Waals surface area contributed by atoms with E-state index < -0.39 is 20.9 Å². The van der Waals surface area contributed by atoms with Crippen molar-refractivity contribution in [2.75, 3.05) is 31.2 Å². The van der Waals surface area contributed by atoms with E-state index in [0.717, 1.165) is 13.1 Å². The highest BCUT2D eigenvalue weighted by Gasteiger charge is 2.52. The first-order valence-corrected chi connectivity index (χ1v) is 8.00. The van der Waals surface area contributed by atoms with Crippen LogP contribution in [0.15, 0.2) is 0 Å². The fraction of sp³-hybridized carbons (Fsp3) is 1.00. The van der Waals surface area contributed by atoms with Gasteiger partial charge in [-0.25, -0.2) is 8.42 Å². The minimum atomic E-state index is -2.97. The van der Waals surface area contributed by atoms with E-state index in [1.807, 2.05) is 0 Å². The molecule has 0 aromatic rings. The number of aliphatic hydroxyl groups is 2. The number of piperidine rings is 1. The Morgan fingerprint density at radius 1 is 1.06 bits per heavy atom. The second kappa shape index (κ2) is 4.50. The summed E-state index contributed by atoms with van der Waals surface area (Å²) in [6.45, 7) is 1.33. The minimum Gasteiger partial charge on any atom is -0.396 e. The Hall–Kier alpha value is -0.170. The second-order valence-electron chi connectivity index (χ2n) is 5.37. The second-order valence-corrected chi connectivity index (χ2v) is 7.68. The van der Waals surface area contributed by atoms with E-state index in [1.54, 1.807) is 0 Å². The molecule has 2 heterocycles. The molecule has 0 bridgehead atoms. The van der Waals surface area contributed by atoms with Crippen molar-refractivity contribution in [3.8, 4) is 0 Å². The van der Waals surface area contributed by atoms with Crippen LogP contribution in [0, 0.1) is 5.41 Å². The van der Waals surface area contributed by atoms with Crippen molar-refractivity contribution in [3.05, 3.63) is 0 Å². The predicted octanol–water partition coefficient (Wildman–Crippen LogP) is -0.712. The lowest BCUT2D eigenvalue weighted by Crippen LogP contribution is -2.58. The molecule has 6 heteroatoms. The zero-order valence-corrected chi connectivity index (χ0v) is 10.8. The van der Waals surface area contributed by atoms with E-state index >= 15 is 0 Å². The number of nitrogens with one attached hydrogen (secondary N) is 1. The molecule has 5 nitrogen and oxygen atoms in total. The molecule has 17 heavy (non-hydrogen) atoms.